The molecule has 0 aromatic rings. The van der Waals surface area contributed by atoms with Crippen LogP contribution in [0.4, 0.5) is 0 Å². The second-order valence-corrected chi connectivity index (χ2v) is 11.6. The van der Waals surface area contributed by atoms with Crippen LogP contribution in [0.3, 0.4) is 0 Å². The van der Waals surface area contributed by atoms with E-state index in [-0.39, 0.29) is 18.2 Å². The predicted octanol–water partition coefficient (Wildman–Crippen LogP) is 6.13. The first-order valence-corrected chi connectivity index (χ1v) is 12.7. The number of rotatable bonds is 5. The predicted molar refractivity (Wildman–Crippen MR) is 116 cm³/mol. The maximum absolute atomic E-state index is 11.7. The summed E-state index contributed by atoms with van der Waals surface area (Å²) in [6.07, 6.45) is 14.7. The van der Waals surface area contributed by atoms with Gasteiger partial charge in [0.25, 0.3) is 0 Å². The molecule has 9 atom stereocenters. The van der Waals surface area contributed by atoms with E-state index in [0.29, 0.717) is 22.7 Å². The highest BCUT2D eigenvalue weighted by molar-refractivity contribution is 5.66. The lowest BCUT2D eigenvalue weighted by Crippen LogP contribution is -2.56. The lowest BCUT2D eigenvalue weighted by Gasteiger charge is -2.63. The fraction of sp³-hybridized carbons (Fsp3) is 0.962. The number of carbonyl (C=O) groups is 1. The minimum Gasteiger partial charge on any atom is -0.463 e. The third kappa shape index (κ3) is 3.68. The van der Waals surface area contributed by atoms with Gasteiger partial charge in [0.15, 0.2) is 0 Å². The molecule has 4 saturated carbocycles. The van der Waals surface area contributed by atoms with Gasteiger partial charge in [0.1, 0.15) is 6.10 Å². The quantitative estimate of drug-likeness (QED) is 0.561. The van der Waals surface area contributed by atoms with Crippen molar-refractivity contribution in [3.05, 3.63) is 0 Å². The molecule has 0 aromatic carbocycles. The zero-order valence-electron chi connectivity index (χ0n) is 19.3. The van der Waals surface area contributed by atoms with Crippen molar-refractivity contribution in [1.29, 1.82) is 0 Å². The Labute approximate surface area is 178 Å². The van der Waals surface area contributed by atoms with E-state index in [4.69, 9.17) is 4.74 Å². The Kier molecular flexibility index (Phi) is 6.10. The standard InChI is InChI=1S/C26H44O3/c1-5-7-21(29-18(3)27)16-26-12-6-8-24(26)22-10-9-19-15-20(28)14-17(2)25(19,4)23(22)11-13-26/h17,19-24,28H,5-16H2,1-4H3/t17-,19-,20+,21?,22+,23-,24-,25-,26-/m0/s1. The van der Waals surface area contributed by atoms with Gasteiger partial charge in [-0.25, -0.2) is 0 Å². The van der Waals surface area contributed by atoms with Gasteiger partial charge in [0, 0.05) is 6.92 Å². The average Bonchev–Trinajstić information content (AvgIpc) is 3.06. The molecule has 0 aliphatic heterocycles. The lowest BCUT2D eigenvalue weighted by molar-refractivity contribution is -0.161. The first-order valence-electron chi connectivity index (χ1n) is 12.7. The zero-order chi connectivity index (χ0) is 20.8. The van der Waals surface area contributed by atoms with Crippen molar-refractivity contribution in [1.82, 2.24) is 0 Å². The Bertz CT molecular complexity index is 603. The van der Waals surface area contributed by atoms with Crippen LogP contribution in [0, 0.1) is 40.4 Å². The molecule has 3 heteroatoms. The molecule has 0 amide bonds. The van der Waals surface area contributed by atoms with E-state index in [0.717, 1.165) is 49.9 Å². The molecule has 4 aliphatic carbocycles. The molecule has 0 aromatic heterocycles. The highest BCUT2D eigenvalue weighted by atomic mass is 16.5. The van der Waals surface area contributed by atoms with Gasteiger partial charge in [-0.05, 0) is 105 Å². The van der Waals surface area contributed by atoms with Crippen molar-refractivity contribution in [2.75, 3.05) is 0 Å². The van der Waals surface area contributed by atoms with Crippen molar-refractivity contribution in [3.63, 3.8) is 0 Å². The first kappa shape index (κ1) is 21.7. The topological polar surface area (TPSA) is 46.5 Å². The van der Waals surface area contributed by atoms with E-state index in [2.05, 4.69) is 20.8 Å². The number of hydrogen-bond acceptors (Lipinski definition) is 3. The van der Waals surface area contributed by atoms with Gasteiger partial charge in [0.2, 0.25) is 0 Å². The Balaban J connectivity index is 1.56. The van der Waals surface area contributed by atoms with Gasteiger partial charge in [-0.15, -0.1) is 0 Å². The minimum absolute atomic E-state index is 0.0766. The summed E-state index contributed by atoms with van der Waals surface area (Å²) in [7, 11) is 0. The number of hydrogen-bond donors (Lipinski definition) is 1. The summed E-state index contributed by atoms with van der Waals surface area (Å²) >= 11 is 0. The smallest absolute Gasteiger partial charge is 0.302 e. The molecule has 29 heavy (non-hydrogen) atoms. The third-order valence-corrected chi connectivity index (χ3v) is 10.3. The summed E-state index contributed by atoms with van der Waals surface area (Å²) in [5, 5.41) is 10.4. The monoisotopic (exact) mass is 404 g/mol. The van der Waals surface area contributed by atoms with Crippen molar-refractivity contribution >= 4 is 5.97 Å². The van der Waals surface area contributed by atoms with Crippen LogP contribution >= 0.6 is 0 Å². The van der Waals surface area contributed by atoms with Crippen LogP contribution in [0.5, 0.6) is 0 Å². The fourth-order valence-corrected chi connectivity index (χ4v) is 9.06. The van der Waals surface area contributed by atoms with E-state index in [1.54, 1.807) is 6.92 Å². The summed E-state index contributed by atoms with van der Waals surface area (Å²) in [5.74, 6) is 3.75. The van der Waals surface area contributed by atoms with Gasteiger partial charge < -0.3 is 9.84 Å². The molecule has 4 fully saturated rings. The van der Waals surface area contributed by atoms with Crippen LogP contribution < -0.4 is 0 Å². The van der Waals surface area contributed by atoms with Gasteiger partial charge in [-0.3, -0.25) is 4.79 Å². The third-order valence-electron chi connectivity index (χ3n) is 10.3. The molecule has 0 saturated heterocycles. The highest BCUT2D eigenvalue weighted by Gasteiger charge is 2.60. The number of esters is 1. The first-order chi connectivity index (χ1) is 13.8. The summed E-state index contributed by atoms with van der Waals surface area (Å²) in [5.41, 5.74) is 0.826. The zero-order valence-corrected chi connectivity index (χ0v) is 19.3. The Hall–Kier alpha value is -0.570. The van der Waals surface area contributed by atoms with E-state index in [1.807, 2.05) is 0 Å². The molecular formula is C26H44O3. The maximum atomic E-state index is 11.7. The summed E-state index contributed by atoms with van der Waals surface area (Å²) in [6, 6.07) is 0. The van der Waals surface area contributed by atoms with Crippen molar-refractivity contribution in [2.24, 2.45) is 40.4 Å². The molecule has 4 rings (SSSR count). The van der Waals surface area contributed by atoms with E-state index in [1.165, 1.54) is 44.9 Å². The molecule has 0 heterocycles. The van der Waals surface area contributed by atoms with Crippen molar-refractivity contribution in [2.45, 2.75) is 117 Å². The second-order valence-electron chi connectivity index (χ2n) is 11.6. The van der Waals surface area contributed by atoms with Gasteiger partial charge in [-0.1, -0.05) is 33.6 Å². The van der Waals surface area contributed by atoms with Gasteiger partial charge in [-0.2, -0.15) is 0 Å². The number of carbonyl (C=O) groups excluding carboxylic acids is 1. The number of aliphatic hydroxyl groups excluding tert-OH is 1. The number of fused-ring (bicyclic) bond motifs is 5. The van der Waals surface area contributed by atoms with E-state index in [9.17, 15) is 9.90 Å². The van der Waals surface area contributed by atoms with Crippen LogP contribution in [0.2, 0.25) is 0 Å². The molecule has 0 spiro atoms. The lowest BCUT2D eigenvalue weighted by atomic mass is 9.42. The molecule has 4 aliphatic rings. The minimum atomic E-state index is -0.106. The van der Waals surface area contributed by atoms with Crippen LogP contribution in [0.1, 0.15) is 105 Å². The molecule has 166 valence electrons. The molecular weight excluding hydrogens is 360 g/mol. The Morgan fingerprint density at radius 1 is 1.14 bits per heavy atom. The summed E-state index contributed by atoms with van der Waals surface area (Å²) in [6.45, 7) is 8.79. The second kappa shape index (κ2) is 8.17. The molecule has 3 nitrogen and oxygen atoms in total. The van der Waals surface area contributed by atoms with Crippen LogP contribution in [0.25, 0.3) is 0 Å². The summed E-state index contributed by atoms with van der Waals surface area (Å²) in [4.78, 5) is 11.7. The molecule has 1 unspecified atom stereocenters. The van der Waals surface area contributed by atoms with E-state index >= 15 is 0 Å². The number of ether oxygens (including phenoxy) is 1. The highest BCUT2D eigenvalue weighted by Crippen LogP contribution is 2.68. The van der Waals surface area contributed by atoms with Crippen LogP contribution in [-0.4, -0.2) is 23.3 Å². The Morgan fingerprint density at radius 3 is 2.66 bits per heavy atom. The molecule has 0 radical (unpaired) electrons. The molecule has 1 N–H and O–H groups in total. The largest absolute Gasteiger partial charge is 0.463 e. The van der Waals surface area contributed by atoms with Crippen LogP contribution in [-0.2, 0) is 9.53 Å². The average molecular weight is 405 g/mol. The van der Waals surface area contributed by atoms with Crippen LogP contribution in [0.15, 0.2) is 0 Å². The van der Waals surface area contributed by atoms with Crippen molar-refractivity contribution in [3.8, 4) is 0 Å². The SMILES string of the molecule is CCCC(C[C@@]12CCC[C@H]1[C@@H]1CC[C@H]3C[C@H](O)C[C@H](C)[C@]3(C)[C@H]1CC2)OC(C)=O. The van der Waals surface area contributed by atoms with Crippen molar-refractivity contribution < 1.29 is 14.6 Å². The normalized spacial score (nSPS) is 47.6. The summed E-state index contributed by atoms with van der Waals surface area (Å²) < 4.78 is 5.80. The Morgan fingerprint density at radius 2 is 1.93 bits per heavy atom. The van der Waals surface area contributed by atoms with Gasteiger partial charge >= 0.3 is 5.97 Å². The maximum Gasteiger partial charge on any atom is 0.302 e. The van der Waals surface area contributed by atoms with E-state index < -0.39 is 0 Å². The molecule has 0 bridgehead atoms. The van der Waals surface area contributed by atoms with Gasteiger partial charge in [0.05, 0.1) is 6.10 Å². The number of aliphatic hydroxyl groups is 1. The fourth-order valence-electron chi connectivity index (χ4n) is 9.06.